The van der Waals surface area contributed by atoms with Crippen LogP contribution in [0, 0.1) is 6.92 Å². The molecule has 4 aromatic rings. The zero-order valence-electron chi connectivity index (χ0n) is 16.3. The summed E-state index contributed by atoms with van der Waals surface area (Å²) in [5.41, 5.74) is 1.21. The summed E-state index contributed by atoms with van der Waals surface area (Å²) in [6, 6.07) is 8.93. The number of carbonyl (C=O) groups excluding carboxylic acids is 1. The molecular weight excluding hydrogens is 370 g/mol. The summed E-state index contributed by atoms with van der Waals surface area (Å²) in [5, 5.41) is 4.83. The van der Waals surface area contributed by atoms with Gasteiger partial charge in [-0.25, -0.2) is 14.5 Å². The van der Waals surface area contributed by atoms with E-state index in [1.54, 1.807) is 39.9 Å². The molecule has 0 aliphatic heterocycles. The molecule has 0 unspecified atom stereocenters. The highest BCUT2D eigenvalue weighted by Gasteiger charge is 2.22. The van der Waals surface area contributed by atoms with E-state index in [9.17, 15) is 9.59 Å². The van der Waals surface area contributed by atoms with Crippen molar-refractivity contribution in [2.45, 2.75) is 33.2 Å². The van der Waals surface area contributed by atoms with Gasteiger partial charge < -0.3 is 9.88 Å². The Morgan fingerprint density at radius 3 is 2.83 bits per heavy atom. The highest BCUT2D eigenvalue weighted by Crippen LogP contribution is 2.11. The molecule has 3 aromatic heterocycles. The van der Waals surface area contributed by atoms with E-state index in [1.165, 1.54) is 0 Å². The largest absolute Gasteiger partial charge is 0.328 e. The maximum atomic E-state index is 13.1. The molecule has 0 saturated heterocycles. The van der Waals surface area contributed by atoms with Crippen LogP contribution in [0.1, 0.15) is 41.9 Å². The number of aromatic amines is 1. The Hall–Kier alpha value is -3.62. The number of carbonyl (C=O) groups is 1. The first-order valence-corrected chi connectivity index (χ1v) is 9.52. The molecule has 1 aromatic carbocycles. The number of nitrogens with one attached hydrogen (secondary N) is 1. The fourth-order valence-electron chi connectivity index (χ4n) is 3.13. The zero-order valence-corrected chi connectivity index (χ0v) is 16.3. The molecule has 4 rings (SSSR count). The van der Waals surface area contributed by atoms with Crippen molar-refractivity contribution in [2.24, 2.45) is 0 Å². The Balaban J connectivity index is 1.67. The van der Waals surface area contributed by atoms with Crippen LogP contribution >= 0.6 is 0 Å². The molecule has 3 heterocycles. The van der Waals surface area contributed by atoms with Gasteiger partial charge in [0, 0.05) is 18.4 Å². The predicted octanol–water partition coefficient (Wildman–Crippen LogP) is 2.11. The Morgan fingerprint density at radius 2 is 2.03 bits per heavy atom. The molecule has 0 atom stereocenters. The van der Waals surface area contributed by atoms with Crippen LogP contribution in [0.5, 0.6) is 0 Å². The molecule has 9 nitrogen and oxygen atoms in total. The van der Waals surface area contributed by atoms with Crippen molar-refractivity contribution in [2.75, 3.05) is 6.54 Å². The summed E-state index contributed by atoms with van der Waals surface area (Å²) in [4.78, 5) is 42.8. The number of hydrogen-bond donors (Lipinski definition) is 1. The van der Waals surface area contributed by atoms with E-state index >= 15 is 0 Å². The minimum absolute atomic E-state index is 0.0750. The lowest BCUT2D eigenvalue weighted by Crippen LogP contribution is -2.33. The third kappa shape index (κ3) is 3.71. The second-order valence-electron chi connectivity index (χ2n) is 6.84. The van der Waals surface area contributed by atoms with Crippen molar-refractivity contribution >= 4 is 22.6 Å². The first-order valence-electron chi connectivity index (χ1n) is 9.52. The van der Waals surface area contributed by atoms with Crippen LogP contribution < -0.4 is 5.56 Å². The van der Waals surface area contributed by atoms with Gasteiger partial charge in [0.1, 0.15) is 5.82 Å². The number of fused-ring (bicyclic) bond motifs is 2. The maximum Gasteiger partial charge on any atom is 0.294 e. The second kappa shape index (κ2) is 7.78. The smallest absolute Gasteiger partial charge is 0.294 e. The van der Waals surface area contributed by atoms with Crippen LogP contribution in [0.25, 0.3) is 16.7 Å². The fourth-order valence-corrected chi connectivity index (χ4v) is 3.13. The van der Waals surface area contributed by atoms with Crippen LogP contribution in [0.4, 0.5) is 0 Å². The van der Waals surface area contributed by atoms with Crippen molar-refractivity contribution in [1.82, 2.24) is 34.4 Å². The van der Waals surface area contributed by atoms with E-state index in [-0.39, 0.29) is 23.8 Å². The van der Waals surface area contributed by atoms with Crippen LogP contribution in [0.3, 0.4) is 0 Å². The Bertz CT molecular complexity index is 1240. The molecule has 0 aliphatic carbocycles. The van der Waals surface area contributed by atoms with Crippen molar-refractivity contribution in [3.05, 3.63) is 64.2 Å². The first-order chi connectivity index (χ1) is 14.1. The summed E-state index contributed by atoms with van der Waals surface area (Å²) in [7, 11) is 0. The molecule has 0 aliphatic rings. The fraction of sp³-hybridized carbons (Fsp3) is 0.300. The number of benzene rings is 1. The quantitative estimate of drug-likeness (QED) is 0.539. The topological polar surface area (TPSA) is 109 Å². The minimum atomic E-state index is -0.320. The number of hydrogen-bond acceptors (Lipinski definition) is 6. The Kier molecular flexibility index (Phi) is 5.03. The van der Waals surface area contributed by atoms with Crippen LogP contribution in [0.2, 0.25) is 0 Å². The number of H-pyrrole nitrogens is 1. The van der Waals surface area contributed by atoms with Gasteiger partial charge in [-0.1, -0.05) is 25.5 Å². The van der Waals surface area contributed by atoms with E-state index < -0.39 is 0 Å². The van der Waals surface area contributed by atoms with Crippen LogP contribution in [-0.4, -0.2) is 46.9 Å². The number of aromatic nitrogens is 6. The van der Waals surface area contributed by atoms with Gasteiger partial charge in [0.15, 0.2) is 0 Å². The highest BCUT2D eigenvalue weighted by molar-refractivity contribution is 5.90. The first kappa shape index (κ1) is 18.7. The second-order valence-corrected chi connectivity index (χ2v) is 6.84. The molecule has 29 heavy (non-hydrogen) atoms. The Labute approximate surface area is 166 Å². The average molecular weight is 391 g/mol. The van der Waals surface area contributed by atoms with Gasteiger partial charge in [0.05, 0.1) is 17.4 Å². The van der Waals surface area contributed by atoms with E-state index in [0.29, 0.717) is 29.0 Å². The number of amides is 1. The molecule has 0 radical (unpaired) electrons. The van der Waals surface area contributed by atoms with Crippen LogP contribution in [-0.2, 0) is 6.54 Å². The summed E-state index contributed by atoms with van der Waals surface area (Å²) in [5.74, 6) is 0.558. The molecule has 0 bridgehead atoms. The summed E-state index contributed by atoms with van der Waals surface area (Å²) in [6.45, 7) is 4.60. The lowest BCUT2D eigenvalue weighted by Gasteiger charge is -2.20. The molecule has 1 N–H and O–H groups in total. The number of rotatable bonds is 6. The highest BCUT2D eigenvalue weighted by atomic mass is 16.2. The lowest BCUT2D eigenvalue weighted by atomic mass is 10.2. The maximum absolute atomic E-state index is 13.1. The molecule has 0 spiro atoms. The van der Waals surface area contributed by atoms with Gasteiger partial charge in [-0.3, -0.25) is 9.59 Å². The number of para-hydroxylation sites is 1. The lowest BCUT2D eigenvalue weighted by molar-refractivity contribution is 0.0724. The molecule has 1 amide bonds. The van der Waals surface area contributed by atoms with Crippen molar-refractivity contribution in [3.8, 4) is 0 Å². The summed E-state index contributed by atoms with van der Waals surface area (Å²) >= 11 is 0. The SMILES string of the molecule is CCCCN(Cc1nc2ccccc2c(=O)[nH]1)C(=O)c1nc2nccc(C)n2n1. The summed E-state index contributed by atoms with van der Waals surface area (Å²) in [6.07, 6.45) is 3.37. The number of unbranched alkanes of at least 4 members (excludes halogenated alkanes) is 1. The normalized spacial score (nSPS) is 11.2. The van der Waals surface area contributed by atoms with E-state index in [1.807, 2.05) is 13.0 Å². The third-order valence-corrected chi connectivity index (χ3v) is 4.69. The van der Waals surface area contributed by atoms with Gasteiger partial charge >= 0.3 is 0 Å². The summed E-state index contributed by atoms with van der Waals surface area (Å²) < 4.78 is 1.54. The average Bonchev–Trinajstić information content (AvgIpc) is 3.16. The monoisotopic (exact) mass is 391 g/mol. The van der Waals surface area contributed by atoms with E-state index in [0.717, 1.165) is 18.5 Å². The number of nitrogens with zero attached hydrogens (tertiary/aromatic N) is 6. The van der Waals surface area contributed by atoms with Crippen molar-refractivity contribution < 1.29 is 4.79 Å². The molecule has 0 saturated carbocycles. The van der Waals surface area contributed by atoms with Gasteiger partial charge in [0.2, 0.25) is 5.82 Å². The van der Waals surface area contributed by atoms with E-state index in [4.69, 9.17) is 0 Å². The van der Waals surface area contributed by atoms with Gasteiger partial charge in [-0.05, 0) is 31.5 Å². The van der Waals surface area contributed by atoms with Crippen LogP contribution in [0.15, 0.2) is 41.3 Å². The molecular formula is C20H21N7O2. The van der Waals surface area contributed by atoms with Crippen molar-refractivity contribution in [1.29, 1.82) is 0 Å². The molecule has 0 fully saturated rings. The minimum Gasteiger partial charge on any atom is -0.328 e. The number of aryl methyl sites for hydroxylation is 1. The molecule has 9 heteroatoms. The van der Waals surface area contributed by atoms with Gasteiger partial charge in [0.25, 0.3) is 17.2 Å². The standard InChI is InChI=1S/C20H21N7O2/c1-3-4-11-26(12-16-22-15-8-6-5-7-14(15)18(28)23-16)19(29)17-24-20-21-10-9-13(2)27(20)25-17/h5-10H,3-4,11-12H2,1-2H3,(H,22,23,28). The Morgan fingerprint density at radius 1 is 1.21 bits per heavy atom. The predicted molar refractivity (Wildman–Crippen MR) is 108 cm³/mol. The van der Waals surface area contributed by atoms with Gasteiger partial charge in [-0.2, -0.15) is 4.98 Å². The third-order valence-electron chi connectivity index (χ3n) is 4.69. The van der Waals surface area contributed by atoms with E-state index in [2.05, 4.69) is 32.0 Å². The zero-order chi connectivity index (χ0) is 20.4. The van der Waals surface area contributed by atoms with Gasteiger partial charge in [-0.15, -0.1) is 5.10 Å². The molecule has 148 valence electrons. The van der Waals surface area contributed by atoms with Crippen molar-refractivity contribution in [3.63, 3.8) is 0 Å².